The number of rotatable bonds is 4. The van der Waals surface area contributed by atoms with E-state index in [0.29, 0.717) is 19.5 Å². The van der Waals surface area contributed by atoms with Crippen molar-refractivity contribution in [1.82, 2.24) is 10.2 Å². The van der Waals surface area contributed by atoms with Gasteiger partial charge in [0, 0.05) is 32.3 Å². The van der Waals surface area contributed by atoms with Gasteiger partial charge in [0.1, 0.15) is 0 Å². The third-order valence-electron chi connectivity index (χ3n) is 4.28. The third-order valence-corrected chi connectivity index (χ3v) is 4.28. The minimum Gasteiger partial charge on any atom is -0.396 e. The number of carbonyl (C=O) groups is 1. The molecule has 1 aliphatic rings. The van der Waals surface area contributed by atoms with Crippen LogP contribution in [-0.4, -0.2) is 48.3 Å². The van der Waals surface area contributed by atoms with Gasteiger partial charge in [0.25, 0.3) is 0 Å². The topological polar surface area (TPSA) is 55.8 Å². The van der Waals surface area contributed by atoms with E-state index < -0.39 is 0 Å². The maximum absolute atomic E-state index is 13.3. The lowest BCUT2D eigenvalue weighted by molar-refractivity contribution is 0.146. The average Bonchev–Trinajstić information content (AvgIpc) is 2.64. The molecule has 5 nitrogen and oxygen atoms in total. The highest BCUT2D eigenvalue weighted by molar-refractivity contribution is 5.99. The molecule has 1 heterocycles. The number of nitrogens with one attached hydrogen (secondary N) is 1. The summed E-state index contributed by atoms with van der Waals surface area (Å²) in [5.74, 6) is 0. The van der Waals surface area contributed by atoms with Crippen LogP contribution >= 0.6 is 0 Å². The van der Waals surface area contributed by atoms with E-state index >= 15 is 0 Å². The number of nitrogens with zero attached hydrogens (tertiary/aromatic N) is 2. The quantitative estimate of drug-likeness (QED) is 0.908. The maximum Gasteiger partial charge on any atom is 0.329 e. The molecule has 0 saturated carbocycles. The maximum atomic E-state index is 13.3. The third kappa shape index (κ3) is 3.58. The van der Waals surface area contributed by atoms with Gasteiger partial charge in [-0.3, -0.25) is 4.90 Å². The van der Waals surface area contributed by atoms with Crippen LogP contribution in [-0.2, 0) is 0 Å². The van der Waals surface area contributed by atoms with Gasteiger partial charge in [0.15, 0.2) is 0 Å². The van der Waals surface area contributed by atoms with Crippen molar-refractivity contribution in [1.29, 1.82) is 0 Å². The van der Waals surface area contributed by atoms with Crippen molar-refractivity contribution in [2.24, 2.45) is 0 Å². The van der Waals surface area contributed by atoms with Crippen LogP contribution in [0.4, 0.5) is 16.2 Å². The Labute approximate surface area is 142 Å². The average molecular weight is 325 g/mol. The highest BCUT2D eigenvalue weighted by Crippen LogP contribution is 2.27. The summed E-state index contributed by atoms with van der Waals surface area (Å²) < 4.78 is 0. The van der Waals surface area contributed by atoms with Gasteiger partial charge in [-0.25, -0.2) is 4.79 Å². The number of benzene rings is 2. The zero-order valence-electron chi connectivity index (χ0n) is 13.6. The number of aliphatic hydroxyl groups excluding tert-OH is 1. The molecule has 1 atom stereocenters. The van der Waals surface area contributed by atoms with Crippen LogP contribution in [0, 0.1) is 0 Å². The number of carbonyl (C=O) groups excluding carboxylic acids is 1. The largest absolute Gasteiger partial charge is 0.396 e. The van der Waals surface area contributed by atoms with E-state index in [2.05, 4.69) is 5.32 Å². The fourth-order valence-electron chi connectivity index (χ4n) is 3.07. The van der Waals surface area contributed by atoms with Gasteiger partial charge in [0.05, 0.1) is 11.4 Å². The first-order valence-electron chi connectivity index (χ1n) is 8.33. The van der Waals surface area contributed by atoms with Gasteiger partial charge in [-0.15, -0.1) is 0 Å². The standard InChI is InChI=1S/C19H23N3O2/c23-14-11-18-15-20-12-13-21(18)19(24)22(16-7-3-1-4-8-16)17-9-5-2-6-10-17/h1-10,18,20,23H,11-15H2. The number of urea groups is 1. The van der Waals surface area contributed by atoms with Gasteiger partial charge in [-0.2, -0.15) is 0 Å². The van der Waals surface area contributed by atoms with Crippen LogP contribution in [0.3, 0.4) is 0 Å². The SMILES string of the molecule is O=C(N(c1ccccc1)c1ccccc1)N1CCNCC1CCO. The first-order chi connectivity index (χ1) is 11.8. The second-order valence-electron chi connectivity index (χ2n) is 5.85. The van der Waals surface area contributed by atoms with Crippen molar-refractivity contribution in [3.05, 3.63) is 60.7 Å². The highest BCUT2D eigenvalue weighted by atomic mass is 16.3. The predicted octanol–water partition coefficient (Wildman–Crippen LogP) is 2.60. The second kappa shape index (κ2) is 7.95. The number of hydrogen-bond donors (Lipinski definition) is 2. The molecular formula is C19H23N3O2. The Balaban J connectivity index is 1.94. The summed E-state index contributed by atoms with van der Waals surface area (Å²) >= 11 is 0. The van der Waals surface area contributed by atoms with Crippen molar-refractivity contribution < 1.29 is 9.90 Å². The number of aliphatic hydroxyl groups is 1. The molecule has 2 N–H and O–H groups in total. The summed E-state index contributed by atoms with van der Waals surface area (Å²) in [6.07, 6.45) is 0.580. The molecule has 2 amide bonds. The van der Waals surface area contributed by atoms with Gasteiger partial charge < -0.3 is 15.3 Å². The smallest absolute Gasteiger partial charge is 0.329 e. The Kier molecular flexibility index (Phi) is 5.46. The Bertz CT molecular complexity index is 607. The molecule has 0 aromatic heterocycles. The fraction of sp³-hybridized carbons (Fsp3) is 0.316. The molecule has 2 aromatic carbocycles. The predicted molar refractivity (Wildman–Crippen MR) is 95.5 cm³/mol. The number of piperazine rings is 1. The van der Waals surface area contributed by atoms with Crippen LogP contribution in [0.15, 0.2) is 60.7 Å². The minimum atomic E-state index is -0.0487. The molecule has 1 aliphatic heterocycles. The fourth-order valence-corrected chi connectivity index (χ4v) is 3.07. The zero-order valence-corrected chi connectivity index (χ0v) is 13.6. The van der Waals surface area contributed by atoms with Gasteiger partial charge in [0.2, 0.25) is 0 Å². The highest BCUT2D eigenvalue weighted by Gasteiger charge is 2.31. The Morgan fingerprint density at radius 3 is 2.21 bits per heavy atom. The Morgan fingerprint density at radius 1 is 1.08 bits per heavy atom. The van der Waals surface area contributed by atoms with E-state index in [1.807, 2.05) is 65.6 Å². The molecule has 1 saturated heterocycles. The van der Waals surface area contributed by atoms with Gasteiger partial charge in [-0.1, -0.05) is 36.4 Å². The summed E-state index contributed by atoms with van der Waals surface area (Å²) in [5.41, 5.74) is 1.69. The molecule has 5 heteroatoms. The molecule has 3 rings (SSSR count). The van der Waals surface area contributed by atoms with Crippen molar-refractivity contribution in [3.8, 4) is 0 Å². The number of hydrogen-bond acceptors (Lipinski definition) is 3. The monoisotopic (exact) mass is 325 g/mol. The van der Waals surface area contributed by atoms with Gasteiger partial charge >= 0.3 is 6.03 Å². The summed E-state index contributed by atoms with van der Waals surface area (Å²) in [5, 5.41) is 12.6. The first-order valence-corrected chi connectivity index (χ1v) is 8.33. The Morgan fingerprint density at radius 2 is 1.67 bits per heavy atom. The molecule has 24 heavy (non-hydrogen) atoms. The van der Waals surface area contributed by atoms with E-state index in [-0.39, 0.29) is 18.7 Å². The lowest BCUT2D eigenvalue weighted by atomic mass is 10.1. The van der Waals surface area contributed by atoms with Crippen molar-refractivity contribution in [2.75, 3.05) is 31.1 Å². The second-order valence-corrected chi connectivity index (χ2v) is 5.85. The zero-order chi connectivity index (χ0) is 16.8. The number of anilines is 2. The van der Waals surface area contributed by atoms with Crippen molar-refractivity contribution >= 4 is 17.4 Å². The van der Waals surface area contributed by atoms with E-state index in [0.717, 1.165) is 17.9 Å². The Hall–Kier alpha value is -2.37. The van der Waals surface area contributed by atoms with E-state index in [9.17, 15) is 9.90 Å². The van der Waals surface area contributed by atoms with Crippen molar-refractivity contribution in [3.63, 3.8) is 0 Å². The van der Waals surface area contributed by atoms with Crippen LogP contribution in [0.1, 0.15) is 6.42 Å². The molecule has 0 bridgehead atoms. The molecule has 1 fully saturated rings. The molecule has 126 valence electrons. The van der Waals surface area contributed by atoms with E-state index in [1.165, 1.54) is 0 Å². The summed E-state index contributed by atoms with van der Waals surface area (Å²) in [7, 11) is 0. The summed E-state index contributed by atoms with van der Waals surface area (Å²) in [6.45, 7) is 2.20. The van der Waals surface area contributed by atoms with Crippen LogP contribution in [0.5, 0.6) is 0 Å². The molecule has 2 aromatic rings. The molecule has 1 unspecified atom stereocenters. The van der Waals surface area contributed by atoms with E-state index in [1.54, 1.807) is 4.90 Å². The number of para-hydroxylation sites is 2. The first kappa shape index (κ1) is 16.5. The lowest BCUT2D eigenvalue weighted by Gasteiger charge is -2.39. The summed E-state index contributed by atoms with van der Waals surface area (Å²) in [4.78, 5) is 16.9. The molecule has 0 radical (unpaired) electrons. The normalized spacial score (nSPS) is 17.5. The van der Waals surface area contributed by atoms with Crippen LogP contribution in [0.2, 0.25) is 0 Å². The van der Waals surface area contributed by atoms with Crippen molar-refractivity contribution in [2.45, 2.75) is 12.5 Å². The minimum absolute atomic E-state index is 0.00572. The molecular weight excluding hydrogens is 302 g/mol. The van der Waals surface area contributed by atoms with Crippen LogP contribution in [0.25, 0.3) is 0 Å². The summed E-state index contributed by atoms with van der Waals surface area (Å²) in [6, 6.07) is 19.3. The lowest BCUT2D eigenvalue weighted by Crippen LogP contribution is -2.56. The van der Waals surface area contributed by atoms with Gasteiger partial charge in [-0.05, 0) is 30.7 Å². The molecule has 0 aliphatic carbocycles. The van der Waals surface area contributed by atoms with E-state index in [4.69, 9.17) is 0 Å². The van der Waals surface area contributed by atoms with Crippen LogP contribution < -0.4 is 10.2 Å². The molecule has 0 spiro atoms. The number of amides is 2.